The summed E-state index contributed by atoms with van der Waals surface area (Å²) in [5.41, 5.74) is 11.0. The van der Waals surface area contributed by atoms with Crippen molar-refractivity contribution in [2.75, 3.05) is 11.2 Å². The maximum Gasteiger partial charge on any atom is 0.143 e. The van der Waals surface area contributed by atoms with Crippen LogP contribution in [0.5, 0.6) is 0 Å². The summed E-state index contributed by atoms with van der Waals surface area (Å²) >= 11 is 0. The van der Waals surface area contributed by atoms with Crippen LogP contribution in [0.2, 0.25) is 0 Å². The molecule has 4 nitrogen and oxygen atoms in total. The molecule has 1 aliphatic rings. The monoisotopic (exact) mass is 234 g/mol. The fraction of sp³-hybridized carbons (Fsp3) is 0.615. The molecule has 1 fully saturated rings. The smallest absolute Gasteiger partial charge is 0.143 e. The van der Waals surface area contributed by atoms with E-state index in [1.807, 2.05) is 13.0 Å². The molecule has 0 aromatic carbocycles. The van der Waals surface area contributed by atoms with E-state index in [1.54, 1.807) is 6.20 Å². The zero-order valence-corrected chi connectivity index (χ0v) is 10.9. The summed E-state index contributed by atoms with van der Waals surface area (Å²) in [6.07, 6.45) is 5.50. The van der Waals surface area contributed by atoms with E-state index in [9.17, 15) is 0 Å². The van der Waals surface area contributed by atoms with Gasteiger partial charge in [-0.2, -0.15) is 0 Å². The van der Waals surface area contributed by atoms with Crippen LogP contribution in [0.1, 0.15) is 38.7 Å². The van der Waals surface area contributed by atoms with Crippen molar-refractivity contribution in [3.63, 3.8) is 0 Å². The van der Waals surface area contributed by atoms with E-state index in [-0.39, 0.29) is 0 Å². The summed E-state index contributed by atoms with van der Waals surface area (Å²) < 4.78 is 0. The molecule has 1 aromatic heterocycles. The highest BCUT2D eigenvalue weighted by Crippen LogP contribution is 2.24. The topological polar surface area (TPSA) is 54.2 Å². The lowest BCUT2D eigenvalue weighted by Gasteiger charge is -2.39. The van der Waals surface area contributed by atoms with Gasteiger partial charge in [0, 0.05) is 12.1 Å². The fourth-order valence-electron chi connectivity index (χ4n) is 2.48. The lowest BCUT2D eigenvalue weighted by molar-refractivity contribution is 0.135. The van der Waals surface area contributed by atoms with Crippen LogP contribution in [0, 0.1) is 6.92 Å². The van der Waals surface area contributed by atoms with Gasteiger partial charge in [-0.1, -0.05) is 6.42 Å². The number of aromatic nitrogens is 1. The third-order valence-corrected chi connectivity index (χ3v) is 3.53. The van der Waals surface area contributed by atoms with Crippen LogP contribution in [0.3, 0.4) is 0 Å². The van der Waals surface area contributed by atoms with Crippen molar-refractivity contribution < 1.29 is 0 Å². The quantitative estimate of drug-likeness (QED) is 0.825. The molecule has 0 radical (unpaired) electrons. The Kier molecular flexibility index (Phi) is 3.52. The lowest BCUT2D eigenvalue weighted by Crippen LogP contribution is -2.47. The van der Waals surface area contributed by atoms with Crippen LogP contribution in [0.15, 0.2) is 12.3 Å². The van der Waals surface area contributed by atoms with Crippen LogP contribution in [0.4, 0.5) is 11.5 Å². The maximum absolute atomic E-state index is 5.71. The molecule has 0 bridgehead atoms. The molecule has 0 amide bonds. The average molecular weight is 234 g/mol. The lowest BCUT2D eigenvalue weighted by atomic mass is 10.00. The van der Waals surface area contributed by atoms with Gasteiger partial charge in [0.2, 0.25) is 0 Å². The molecule has 0 spiro atoms. The predicted molar refractivity (Wildman–Crippen MR) is 71.6 cm³/mol. The molecule has 2 atom stereocenters. The molecule has 1 aromatic rings. The minimum Gasteiger partial charge on any atom is -0.397 e. The van der Waals surface area contributed by atoms with Gasteiger partial charge in [-0.05, 0) is 45.2 Å². The Morgan fingerprint density at radius 2 is 2.00 bits per heavy atom. The van der Waals surface area contributed by atoms with Gasteiger partial charge in [0.1, 0.15) is 5.82 Å². The Morgan fingerprint density at radius 1 is 1.35 bits per heavy atom. The largest absolute Gasteiger partial charge is 0.397 e. The van der Waals surface area contributed by atoms with E-state index in [2.05, 4.69) is 29.3 Å². The Morgan fingerprint density at radius 3 is 2.59 bits per heavy atom. The first-order valence-corrected chi connectivity index (χ1v) is 6.35. The summed E-state index contributed by atoms with van der Waals surface area (Å²) in [6.45, 7) is 6.55. The first kappa shape index (κ1) is 12.2. The summed E-state index contributed by atoms with van der Waals surface area (Å²) in [6, 6.07) is 3.06. The van der Waals surface area contributed by atoms with E-state index in [0.29, 0.717) is 17.8 Å². The number of nitrogens with two attached hydrogens (primary N) is 1. The first-order valence-electron chi connectivity index (χ1n) is 6.35. The van der Waals surface area contributed by atoms with Gasteiger partial charge in [-0.25, -0.2) is 9.99 Å². The van der Waals surface area contributed by atoms with Crippen molar-refractivity contribution in [1.29, 1.82) is 0 Å². The SMILES string of the molecule is Cc1cc(N)cnc1NN1C(C)CCCC1C. The van der Waals surface area contributed by atoms with Gasteiger partial charge in [-0.3, -0.25) is 0 Å². The summed E-state index contributed by atoms with van der Waals surface area (Å²) in [5.74, 6) is 0.916. The van der Waals surface area contributed by atoms with Crippen LogP contribution >= 0.6 is 0 Å². The third kappa shape index (κ3) is 2.69. The number of hydrogen-bond acceptors (Lipinski definition) is 4. The molecule has 17 heavy (non-hydrogen) atoms. The molecular weight excluding hydrogens is 212 g/mol. The van der Waals surface area contributed by atoms with Gasteiger partial charge < -0.3 is 11.2 Å². The number of nitrogen functional groups attached to an aromatic ring is 1. The van der Waals surface area contributed by atoms with Crippen LogP contribution in [-0.2, 0) is 0 Å². The highest BCUT2D eigenvalue weighted by molar-refractivity contribution is 5.50. The molecule has 1 saturated heterocycles. The van der Waals surface area contributed by atoms with Gasteiger partial charge in [0.15, 0.2) is 0 Å². The standard InChI is InChI=1S/C13H22N4/c1-9-7-12(14)8-15-13(9)16-17-10(2)5-4-6-11(17)3/h7-8,10-11H,4-6,14H2,1-3H3,(H,15,16). The number of anilines is 2. The Bertz CT molecular complexity index is 381. The second-order valence-corrected chi connectivity index (χ2v) is 5.08. The predicted octanol–water partition coefficient (Wildman–Crippen LogP) is 2.56. The molecule has 1 aliphatic heterocycles. The summed E-state index contributed by atoms with van der Waals surface area (Å²) in [4.78, 5) is 4.36. The molecule has 0 saturated carbocycles. The number of aryl methyl sites for hydroxylation is 1. The molecule has 2 heterocycles. The number of nitrogens with one attached hydrogen (secondary N) is 1. The third-order valence-electron chi connectivity index (χ3n) is 3.53. The Balaban J connectivity index is 2.13. The van der Waals surface area contributed by atoms with Crippen molar-refractivity contribution >= 4 is 11.5 Å². The number of hydrazine groups is 1. The van der Waals surface area contributed by atoms with E-state index in [1.165, 1.54) is 19.3 Å². The van der Waals surface area contributed by atoms with E-state index in [0.717, 1.165) is 11.4 Å². The molecule has 2 rings (SSSR count). The highest BCUT2D eigenvalue weighted by Gasteiger charge is 2.25. The number of piperidine rings is 1. The van der Waals surface area contributed by atoms with Gasteiger partial charge >= 0.3 is 0 Å². The Labute approximate surface area is 103 Å². The number of rotatable bonds is 2. The van der Waals surface area contributed by atoms with E-state index >= 15 is 0 Å². The molecule has 0 aliphatic carbocycles. The van der Waals surface area contributed by atoms with Crippen molar-refractivity contribution in [3.8, 4) is 0 Å². The van der Waals surface area contributed by atoms with Crippen molar-refractivity contribution in [2.45, 2.75) is 52.1 Å². The molecule has 94 valence electrons. The second kappa shape index (κ2) is 4.92. The summed E-state index contributed by atoms with van der Waals surface area (Å²) in [7, 11) is 0. The number of pyridine rings is 1. The number of hydrogen-bond donors (Lipinski definition) is 2. The molecule has 4 heteroatoms. The summed E-state index contributed by atoms with van der Waals surface area (Å²) in [5, 5.41) is 2.31. The van der Waals surface area contributed by atoms with Gasteiger partial charge in [-0.15, -0.1) is 0 Å². The zero-order valence-electron chi connectivity index (χ0n) is 10.9. The average Bonchev–Trinajstić information content (AvgIpc) is 2.26. The van der Waals surface area contributed by atoms with Crippen LogP contribution < -0.4 is 11.2 Å². The highest BCUT2D eigenvalue weighted by atomic mass is 15.5. The van der Waals surface area contributed by atoms with E-state index in [4.69, 9.17) is 5.73 Å². The van der Waals surface area contributed by atoms with Crippen LogP contribution in [0.25, 0.3) is 0 Å². The molecule has 3 N–H and O–H groups in total. The maximum atomic E-state index is 5.71. The molecule has 2 unspecified atom stereocenters. The van der Waals surface area contributed by atoms with Crippen molar-refractivity contribution in [1.82, 2.24) is 9.99 Å². The van der Waals surface area contributed by atoms with Crippen LogP contribution in [-0.4, -0.2) is 22.1 Å². The van der Waals surface area contributed by atoms with Gasteiger partial charge in [0.05, 0.1) is 11.9 Å². The molecular formula is C13H22N4. The normalized spacial score (nSPS) is 25.8. The van der Waals surface area contributed by atoms with Crippen molar-refractivity contribution in [2.24, 2.45) is 0 Å². The van der Waals surface area contributed by atoms with Crippen molar-refractivity contribution in [3.05, 3.63) is 17.8 Å². The first-order chi connectivity index (χ1) is 8.08. The minimum atomic E-state index is 0.553. The Hall–Kier alpha value is -1.29. The van der Waals surface area contributed by atoms with Gasteiger partial charge in [0.25, 0.3) is 0 Å². The fourth-order valence-corrected chi connectivity index (χ4v) is 2.48. The minimum absolute atomic E-state index is 0.553. The second-order valence-electron chi connectivity index (χ2n) is 5.08. The zero-order chi connectivity index (χ0) is 12.4. The number of nitrogens with zero attached hydrogens (tertiary/aromatic N) is 2. The van der Waals surface area contributed by atoms with E-state index < -0.39 is 0 Å².